The third kappa shape index (κ3) is 7.35. The molecule has 3 saturated heterocycles. The highest BCUT2D eigenvalue weighted by molar-refractivity contribution is 5.98. The lowest BCUT2D eigenvalue weighted by atomic mass is 9.86. The van der Waals surface area contributed by atoms with E-state index < -0.39 is 0 Å². The first-order valence-electron chi connectivity index (χ1n) is 25.1. The van der Waals surface area contributed by atoms with Crippen LogP contribution in [-0.4, -0.2) is 109 Å². The summed E-state index contributed by atoms with van der Waals surface area (Å²) in [6.07, 6.45) is 15.4. The maximum absolute atomic E-state index is 14.0. The van der Waals surface area contributed by atoms with Gasteiger partial charge in [-0.1, -0.05) is 6.92 Å². The Kier molecular flexibility index (Phi) is 10.0. The number of hydrogen-bond acceptors (Lipinski definition) is 9. The van der Waals surface area contributed by atoms with Crippen molar-refractivity contribution >= 4 is 56.2 Å². The second kappa shape index (κ2) is 16.3. The second-order valence-electron chi connectivity index (χ2n) is 20.9. The molecule has 13 rings (SSSR count). The Balaban J connectivity index is 0.696. The number of rotatable bonds is 11. The Hall–Kier alpha value is -6.48. The number of aryl methyl sites for hydroxylation is 2. The fraction of sp³-hybridized carbons (Fsp3) is 0.472. The molecule has 3 aliphatic heterocycles. The van der Waals surface area contributed by atoms with Crippen molar-refractivity contribution in [2.75, 3.05) is 32.7 Å². The van der Waals surface area contributed by atoms with Gasteiger partial charge in [0.25, 0.3) is 11.8 Å². The Morgan fingerprint density at radius 1 is 0.647 bits per heavy atom. The van der Waals surface area contributed by atoms with Crippen molar-refractivity contribution in [2.45, 2.75) is 89.8 Å². The Morgan fingerprint density at radius 3 is 1.90 bits per heavy atom. The van der Waals surface area contributed by atoms with Gasteiger partial charge in [-0.15, -0.1) is 0 Å². The monoisotopic (exact) mass is 909 g/mol. The van der Waals surface area contributed by atoms with Gasteiger partial charge < -0.3 is 33.4 Å². The molecule has 8 aromatic heterocycles. The van der Waals surface area contributed by atoms with Crippen molar-refractivity contribution in [1.29, 1.82) is 0 Å². The molecule has 0 spiro atoms. The molecule has 348 valence electrons. The molecule has 15 nitrogen and oxygen atoms in total. The van der Waals surface area contributed by atoms with Crippen LogP contribution in [0.2, 0.25) is 0 Å². The van der Waals surface area contributed by atoms with Gasteiger partial charge in [0.05, 0.1) is 22.5 Å². The molecule has 15 heteroatoms. The van der Waals surface area contributed by atoms with E-state index in [1.54, 1.807) is 12.4 Å². The Labute approximate surface area is 395 Å². The van der Waals surface area contributed by atoms with Crippen LogP contribution < -0.4 is 5.32 Å². The van der Waals surface area contributed by atoms with Crippen LogP contribution in [0.15, 0.2) is 67.1 Å². The summed E-state index contributed by atoms with van der Waals surface area (Å²) in [7, 11) is 4.03. The summed E-state index contributed by atoms with van der Waals surface area (Å²) in [4.78, 5) is 61.7. The molecule has 5 fully saturated rings. The largest absolute Gasteiger partial charge is 0.339 e. The number of amides is 2. The van der Waals surface area contributed by atoms with Gasteiger partial charge in [-0.3, -0.25) is 9.59 Å². The van der Waals surface area contributed by atoms with Crippen LogP contribution in [0.4, 0.5) is 0 Å². The topological polar surface area (TPSA) is 150 Å². The number of nitrogens with zero attached hydrogens (tertiary/aromatic N) is 12. The lowest BCUT2D eigenvalue weighted by molar-refractivity contribution is 0.0666. The third-order valence-corrected chi connectivity index (χ3v) is 16.1. The van der Waals surface area contributed by atoms with Gasteiger partial charge in [0, 0.05) is 94.5 Å². The molecule has 11 heterocycles. The summed E-state index contributed by atoms with van der Waals surface area (Å²) in [5, 5.41) is 5.80. The van der Waals surface area contributed by atoms with Crippen LogP contribution in [0.25, 0.3) is 67.4 Å². The molecule has 2 amide bonds. The lowest BCUT2D eigenvalue weighted by Gasteiger charge is -2.34. The first-order valence-corrected chi connectivity index (χ1v) is 25.1. The summed E-state index contributed by atoms with van der Waals surface area (Å²) in [6.45, 7) is 8.15. The zero-order valence-electron chi connectivity index (χ0n) is 39.3. The zero-order chi connectivity index (χ0) is 45.8. The number of nitrogens with one attached hydrogen (secondary N) is 1. The second-order valence-corrected chi connectivity index (χ2v) is 20.9. The smallest absolute Gasteiger partial charge is 0.255 e. The van der Waals surface area contributed by atoms with Gasteiger partial charge in [-0.25, -0.2) is 29.9 Å². The van der Waals surface area contributed by atoms with E-state index >= 15 is 0 Å². The number of hydrogen-bond donors (Lipinski definition) is 1. The summed E-state index contributed by atoms with van der Waals surface area (Å²) < 4.78 is 8.79. The lowest BCUT2D eigenvalue weighted by Crippen LogP contribution is -2.48. The molecular formula is C53H59N13O2. The van der Waals surface area contributed by atoms with Gasteiger partial charge in [0.15, 0.2) is 22.9 Å². The summed E-state index contributed by atoms with van der Waals surface area (Å²) in [6, 6.07) is 17.2. The summed E-state index contributed by atoms with van der Waals surface area (Å²) in [5.74, 6) is 4.46. The predicted molar refractivity (Wildman–Crippen MR) is 262 cm³/mol. The van der Waals surface area contributed by atoms with E-state index in [4.69, 9.17) is 29.9 Å². The molecule has 3 atom stereocenters. The molecule has 8 aromatic rings. The third-order valence-electron chi connectivity index (χ3n) is 16.1. The van der Waals surface area contributed by atoms with Crippen LogP contribution >= 0.6 is 0 Å². The fourth-order valence-electron chi connectivity index (χ4n) is 11.8. The SMILES string of the molecule is CC(CC1CCN(C(=O)c2cnc3c(c2)nc(-c2cc4cccnc4n2CC2CC2)n3C)CC1)c1ccc2cc(-c3nc4cc(C(=O)N5CC[C@H]6CCN[C@H]6C5)cnc4n3C)n(CC3CC3)c2n1. The number of fused-ring (bicyclic) bond motifs is 5. The number of likely N-dealkylation sites (tertiary alicyclic amines) is 2. The number of imidazole rings is 2. The molecule has 0 radical (unpaired) electrons. The first-order chi connectivity index (χ1) is 33.2. The first kappa shape index (κ1) is 41.7. The molecule has 68 heavy (non-hydrogen) atoms. The van der Waals surface area contributed by atoms with E-state index in [-0.39, 0.29) is 17.7 Å². The van der Waals surface area contributed by atoms with E-state index in [9.17, 15) is 9.59 Å². The van der Waals surface area contributed by atoms with Crippen molar-refractivity contribution in [3.63, 3.8) is 0 Å². The number of piperidine rings is 2. The van der Waals surface area contributed by atoms with Crippen molar-refractivity contribution in [1.82, 2.24) is 63.3 Å². The molecule has 2 aliphatic carbocycles. The summed E-state index contributed by atoms with van der Waals surface area (Å²) >= 11 is 0. The number of pyridine rings is 4. The van der Waals surface area contributed by atoms with E-state index in [1.165, 1.54) is 32.1 Å². The molecule has 0 aromatic carbocycles. The van der Waals surface area contributed by atoms with E-state index in [1.807, 2.05) is 52.9 Å². The van der Waals surface area contributed by atoms with Gasteiger partial charge in [0.1, 0.15) is 22.3 Å². The van der Waals surface area contributed by atoms with E-state index in [2.05, 4.69) is 56.3 Å². The maximum atomic E-state index is 14.0. The minimum Gasteiger partial charge on any atom is -0.339 e. The molecular weight excluding hydrogens is 851 g/mol. The summed E-state index contributed by atoms with van der Waals surface area (Å²) in [5.41, 5.74) is 9.34. The van der Waals surface area contributed by atoms with Crippen LogP contribution in [0.1, 0.15) is 97.0 Å². The van der Waals surface area contributed by atoms with Crippen LogP contribution in [0, 0.1) is 23.7 Å². The van der Waals surface area contributed by atoms with E-state index in [0.717, 1.165) is 145 Å². The average molecular weight is 910 g/mol. The average Bonchev–Trinajstić information content (AvgIpc) is 4.16. The standard InChI is InChI=1S/C53H59N13O2/c1-31(21-32-13-18-63(19-14-32)52(67)38-22-41-48(56-26-38)61(2)50(59-41)44-24-36-5-4-16-55-46(36)65(44)28-33-6-7-33)40-11-10-37-25-45(66(47(37)58-40)29-34-8-9-34)51-60-42-23-39(27-57-49(42)62(51)3)53(68)64-20-15-35-12-17-54-43(35)30-64/h4-5,10-11,16,22-27,31-35,43,54H,6-9,12-15,17-21,28-30H2,1-3H3/t31?,35-,43+/m1/s1. The normalized spacial score (nSPS) is 20.6. The number of aromatic nitrogens is 10. The maximum Gasteiger partial charge on any atom is 0.255 e. The van der Waals surface area contributed by atoms with Gasteiger partial charge >= 0.3 is 0 Å². The molecule has 1 N–H and O–H groups in total. The number of carbonyl (C=O) groups is 2. The minimum absolute atomic E-state index is 0.0202. The molecule has 2 saturated carbocycles. The van der Waals surface area contributed by atoms with Crippen molar-refractivity contribution < 1.29 is 9.59 Å². The van der Waals surface area contributed by atoms with Crippen molar-refractivity contribution in [3.8, 4) is 23.0 Å². The molecule has 5 aliphatic rings. The van der Waals surface area contributed by atoms with Crippen molar-refractivity contribution in [2.24, 2.45) is 37.8 Å². The Morgan fingerprint density at radius 2 is 1.25 bits per heavy atom. The quantitative estimate of drug-likeness (QED) is 0.136. The fourth-order valence-corrected chi connectivity index (χ4v) is 11.8. The minimum atomic E-state index is 0.0202. The van der Waals surface area contributed by atoms with Gasteiger partial charge in [-0.05, 0) is 142 Å². The Bertz CT molecular complexity index is 3290. The van der Waals surface area contributed by atoms with Crippen LogP contribution in [0.3, 0.4) is 0 Å². The van der Waals surface area contributed by atoms with Gasteiger partial charge in [0.2, 0.25) is 0 Å². The van der Waals surface area contributed by atoms with E-state index in [0.29, 0.717) is 40.8 Å². The molecule has 1 unspecified atom stereocenters. The number of carbonyl (C=O) groups excluding carboxylic acids is 2. The predicted octanol–water partition coefficient (Wildman–Crippen LogP) is 7.97. The highest BCUT2D eigenvalue weighted by Crippen LogP contribution is 2.39. The van der Waals surface area contributed by atoms with Crippen molar-refractivity contribution in [3.05, 3.63) is 83.9 Å². The zero-order valence-corrected chi connectivity index (χ0v) is 39.3. The highest BCUT2D eigenvalue weighted by atomic mass is 16.2. The molecule has 0 bridgehead atoms. The van der Waals surface area contributed by atoms with Crippen LogP contribution in [-0.2, 0) is 27.2 Å². The van der Waals surface area contributed by atoms with Crippen LogP contribution in [0.5, 0.6) is 0 Å². The van der Waals surface area contributed by atoms with Gasteiger partial charge in [-0.2, -0.15) is 0 Å². The highest BCUT2D eigenvalue weighted by Gasteiger charge is 2.35.